The van der Waals surface area contributed by atoms with Gasteiger partial charge in [-0.2, -0.15) is 18.4 Å². The highest BCUT2D eigenvalue weighted by atomic mass is 19.4. The highest BCUT2D eigenvalue weighted by Crippen LogP contribution is 2.33. The number of hydrogen-bond acceptors (Lipinski definition) is 2. The van der Waals surface area contributed by atoms with Crippen molar-refractivity contribution in [1.82, 2.24) is 4.98 Å². The third kappa shape index (κ3) is 2.74. The Labute approximate surface area is 108 Å². The zero-order valence-electron chi connectivity index (χ0n) is 9.99. The van der Waals surface area contributed by atoms with E-state index in [0.717, 1.165) is 17.7 Å². The lowest BCUT2D eigenvalue weighted by Crippen LogP contribution is -2.05. The Hall–Kier alpha value is -2.35. The smallest absolute Gasteiger partial charge is 0.264 e. The van der Waals surface area contributed by atoms with Crippen LogP contribution in [0.4, 0.5) is 13.2 Å². The van der Waals surface area contributed by atoms with Gasteiger partial charge < -0.3 is 0 Å². The minimum absolute atomic E-state index is 0.0203. The van der Waals surface area contributed by atoms with E-state index in [9.17, 15) is 13.2 Å². The van der Waals surface area contributed by atoms with E-state index in [-0.39, 0.29) is 5.56 Å². The molecule has 19 heavy (non-hydrogen) atoms. The van der Waals surface area contributed by atoms with Gasteiger partial charge >= 0.3 is 6.18 Å². The molecular weight excluding hydrogens is 253 g/mol. The molecule has 0 aliphatic rings. The molecule has 2 aromatic rings. The predicted octanol–water partition coefficient (Wildman–Crippen LogP) is 3.95. The zero-order chi connectivity index (χ0) is 14.0. The molecule has 96 valence electrons. The van der Waals surface area contributed by atoms with Crippen LogP contribution < -0.4 is 0 Å². The number of alkyl halides is 3. The van der Waals surface area contributed by atoms with E-state index in [1.165, 1.54) is 12.3 Å². The van der Waals surface area contributed by atoms with Crippen LogP contribution in [0.2, 0.25) is 0 Å². The molecule has 0 bridgehead atoms. The summed E-state index contributed by atoms with van der Waals surface area (Å²) in [6.45, 7) is 1.78. The Bertz CT molecular complexity index is 654. The van der Waals surface area contributed by atoms with Gasteiger partial charge in [-0.1, -0.05) is 0 Å². The Morgan fingerprint density at radius 2 is 1.95 bits per heavy atom. The molecular formula is C14H9F3N2. The van der Waals surface area contributed by atoms with Gasteiger partial charge in [0.2, 0.25) is 0 Å². The van der Waals surface area contributed by atoms with Gasteiger partial charge in [0, 0.05) is 18.0 Å². The number of aryl methyl sites for hydroxylation is 1. The molecule has 0 aliphatic heterocycles. The lowest BCUT2D eigenvalue weighted by atomic mass is 9.98. The van der Waals surface area contributed by atoms with Crippen molar-refractivity contribution in [2.45, 2.75) is 13.1 Å². The largest absolute Gasteiger partial charge is 0.416 e. The second-order valence-electron chi connectivity index (χ2n) is 4.10. The normalized spacial score (nSPS) is 11.1. The van der Waals surface area contributed by atoms with E-state index in [0.29, 0.717) is 11.1 Å². The molecule has 0 spiro atoms. The third-order valence-electron chi connectivity index (χ3n) is 2.74. The minimum atomic E-state index is -4.47. The summed E-state index contributed by atoms with van der Waals surface area (Å²) in [6, 6.07) is 6.76. The molecule has 0 N–H and O–H groups in total. The van der Waals surface area contributed by atoms with E-state index in [4.69, 9.17) is 5.26 Å². The maximum absolute atomic E-state index is 12.8. The van der Waals surface area contributed by atoms with Crippen molar-refractivity contribution in [3.05, 3.63) is 53.3 Å². The molecule has 0 fully saturated rings. The molecule has 0 amide bonds. The van der Waals surface area contributed by atoms with E-state index in [1.807, 2.05) is 0 Å². The van der Waals surface area contributed by atoms with Crippen molar-refractivity contribution in [3.63, 3.8) is 0 Å². The number of nitrogens with zero attached hydrogens (tertiary/aromatic N) is 2. The summed E-state index contributed by atoms with van der Waals surface area (Å²) in [6.07, 6.45) is -1.42. The van der Waals surface area contributed by atoms with Crippen molar-refractivity contribution in [2.24, 2.45) is 0 Å². The van der Waals surface area contributed by atoms with E-state index in [2.05, 4.69) is 4.98 Å². The summed E-state index contributed by atoms with van der Waals surface area (Å²) in [4.78, 5) is 3.91. The fraction of sp³-hybridized carbons (Fsp3) is 0.143. The lowest BCUT2D eigenvalue weighted by Gasteiger charge is -2.11. The first-order valence-corrected chi connectivity index (χ1v) is 5.45. The maximum atomic E-state index is 12.8. The van der Waals surface area contributed by atoms with Crippen LogP contribution in [-0.2, 0) is 6.18 Å². The molecule has 1 aromatic carbocycles. The highest BCUT2D eigenvalue weighted by Gasteiger charge is 2.31. The molecule has 1 aromatic heterocycles. The van der Waals surface area contributed by atoms with E-state index >= 15 is 0 Å². The lowest BCUT2D eigenvalue weighted by molar-refractivity contribution is -0.137. The SMILES string of the molecule is Cc1ccncc1-c1cc(C#N)cc(C(F)(F)F)c1. The number of rotatable bonds is 1. The van der Waals surface area contributed by atoms with Crippen LogP contribution in [0, 0.1) is 18.3 Å². The van der Waals surface area contributed by atoms with E-state index < -0.39 is 11.7 Å². The van der Waals surface area contributed by atoms with Gasteiger partial charge in [-0.15, -0.1) is 0 Å². The van der Waals surface area contributed by atoms with Crippen LogP contribution in [0.15, 0.2) is 36.7 Å². The summed E-state index contributed by atoms with van der Waals surface area (Å²) in [7, 11) is 0. The van der Waals surface area contributed by atoms with Crippen molar-refractivity contribution in [2.75, 3.05) is 0 Å². The van der Waals surface area contributed by atoms with Crippen LogP contribution in [-0.4, -0.2) is 4.98 Å². The second-order valence-corrected chi connectivity index (χ2v) is 4.10. The molecule has 0 saturated heterocycles. The van der Waals surface area contributed by atoms with Crippen LogP contribution in [0.25, 0.3) is 11.1 Å². The second kappa shape index (κ2) is 4.73. The number of halogens is 3. The molecule has 1 heterocycles. The summed E-state index contributed by atoms with van der Waals surface area (Å²) >= 11 is 0. The Morgan fingerprint density at radius 3 is 2.53 bits per heavy atom. The van der Waals surface area contributed by atoms with Crippen LogP contribution >= 0.6 is 0 Å². The first-order valence-electron chi connectivity index (χ1n) is 5.45. The summed E-state index contributed by atoms with van der Waals surface area (Å²) in [5, 5.41) is 8.84. The number of aromatic nitrogens is 1. The predicted molar refractivity (Wildman–Crippen MR) is 64.1 cm³/mol. The van der Waals surface area contributed by atoms with Crippen LogP contribution in [0.5, 0.6) is 0 Å². The monoisotopic (exact) mass is 262 g/mol. The third-order valence-corrected chi connectivity index (χ3v) is 2.74. The average molecular weight is 262 g/mol. The van der Waals surface area contributed by atoms with Crippen molar-refractivity contribution in [1.29, 1.82) is 5.26 Å². The van der Waals surface area contributed by atoms with E-state index in [1.54, 1.807) is 25.3 Å². The van der Waals surface area contributed by atoms with Crippen LogP contribution in [0.3, 0.4) is 0 Å². The Morgan fingerprint density at radius 1 is 1.21 bits per heavy atom. The van der Waals surface area contributed by atoms with Gasteiger partial charge in [-0.3, -0.25) is 4.98 Å². The number of hydrogen-bond donors (Lipinski definition) is 0. The molecule has 2 nitrogen and oxygen atoms in total. The fourth-order valence-electron chi connectivity index (χ4n) is 1.78. The quantitative estimate of drug-likeness (QED) is 0.780. The number of nitriles is 1. The number of pyridine rings is 1. The zero-order valence-corrected chi connectivity index (χ0v) is 9.99. The molecule has 0 saturated carbocycles. The van der Waals surface area contributed by atoms with Gasteiger partial charge in [0.25, 0.3) is 0 Å². The maximum Gasteiger partial charge on any atom is 0.416 e. The van der Waals surface area contributed by atoms with Gasteiger partial charge in [0.1, 0.15) is 0 Å². The topological polar surface area (TPSA) is 36.7 Å². The summed E-state index contributed by atoms with van der Waals surface area (Å²) in [5.74, 6) is 0. The minimum Gasteiger partial charge on any atom is -0.264 e. The van der Waals surface area contributed by atoms with Crippen LogP contribution in [0.1, 0.15) is 16.7 Å². The van der Waals surface area contributed by atoms with Gasteiger partial charge in [0.15, 0.2) is 0 Å². The Balaban J connectivity index is 2.66. The van der Waals surface area contributed by atoms with Gasteiger partial charge in [-0.05, 0) is 42.3 Å². The number of benzene rings is 1. The Kier molecular flexibility index (Phi) is 3.26. The molecule has 0 aliphatic carbocycles. The molecule has 0 radical (unpaired) electrons. The molecule has 2 rings (SSSR count). The molecule has 0 atom stereocenters. The van der Waals surface area contributed by atoms with Crippen molar-refractivity contribution >= 4 is 0 Å². The average Bonchev–Trinajstić information content (AvgIpc) is 2.37. The fourth-order valence-corrected chi connectivity index (χ4v) is 1.78. The molecule has 5 heteroatoms. The highest BCUT2D eigenvalue weighted by molar-refractivity contribution is 5.68. The standard InChI is InChI=1S/C14H9F3N2/c1-9-2-3-19-8-13(9)11-4-10(7-18)5-12(6-11)14(15,16)17/h2-6,8H,1H3. The van der Waals surface area contributed by atoms with Crippen molar-refractivity contribution < 1.29 is 13.2 Å². The first-order chi connectivity index (χ1) is 8.91. The summed E-state index contributed by atoms with van der Waals surface area (Å²) in [5.41, 5.74) is 0.887. The summed E-state index contributed by atoms with van der Waals surface area (Å²) < 4.78 is 38.3. The van der Waals surface area contributed by atoms with Gasteiger partial charge in [0.05, 0.1) is 17.2 Å². The first kappa shape index (κ1) is 13.1. The van der Waals surface area contributed by atoms with Crippen molar-refractivity contribution in [3.8, 4) is 17.2 Å². The molecule has 0 unspecified atom stereocenters. The van der Waals surface area contributed by atoms with Gasteiger partial charge in [-0.25, -0.2) is 0 Å².